The van der Waals surface area contributed by atoms with Crippen molar-refractivity contribution in [2.45, 2.75) is 38.3 Å². The van der Waals surface area contributed by atoms with Crippen LogP contribution in [0.1, 0.15) is 43.4 Å². The van der Waals surface area contributed by atoms with Gasteiger partial charge in [-0.2, -0.15) is 0 Å². The molecule has 1 saturated heterocycles. The number of piperidine rings is 1. The Morgan fingerprint density at radius 1 is 1.18 bits per heavy atom. The number of halogens is 1. The van der Waals surface area contributed by atoms with Crippen LogP contribution < -0.4 is 9.47 Å². The summed E-state index contributed by atoms with van der Waals surface area (Å²) < 4.78 is 11.2. The number of likely N-dealkylation sites (tertiary alicyclic amines) is 1. The monoisotopic (exact) mass is 403 g/mol. The highest BCUT2D eigenvalue weighted by molar-refractivity contribution is 6.30. The van der Waals surface area contributed by atoms with Crippen molar-refractivity contribution in [2.75, 3.05) is 20.3 Å². The molecule has 28 heavy (non-hydrogen) atoms. The molecule has 0 amide bonds. The van der Waals surface area contributed by atoms with Gasteiger partial charge in [-0.1, -0.05) is 36.2 Å². The van der Waals surface area contributed by atoms with E-state index >= 15 is 0 Å². The molecule has 0 spiro atoms. The number of ether oxygens (including phenoxy) is 2. The molecule has 150 valence electrons. The van der Waals surface area contributed by atoms with Crippen molar-refractivity contribution in [3.8, 4) is 11.5 Å². The second kappa shape index (κ2) is 9.30. The third-order valence-corrected chi connectivity index (χ3v) is 5.40. The van der Waals surface area contributed by atoms with E-state index in [4.69, 9.17) is 21.1 Å². The standard InChI is InChI=1S/C22H26ClNO4/c1-3-28-20-14-16(9-12-19(20)27-2)21(15-7-10-17(23)11-8-15)24-13-5-4-6-18(24)22(25)26/h7-12,14,18,21H,3-6,13H2,1-2H3,(H,25,26). The third-order valence-electron chi connectivity index (χ3n) is 5.15. The summed E-state index contributed by atoms with van der Waals surface area (Å²) in [5.74, 6) is 0.538. The second-order valence-corrected chi connectivity index (χ2v) is 7.32. The van der Waals surface area contributed by atoms with Crippen LogP contribution in [-0.4, -0.2) is 42.3 Å². The van der Waals surface area contributed by atoms with E-state index in [1.165, 1.54) is 0 Å². The van der Waals surface area contributed by atoms with Crippen LogP contribution in [-0.2, 0) is 4.79 Å². The first kappa shape index (κ1) is 20.5. The summed E-state index contributed by atoms with van der Waals surface area (Å²) in [5.41, 5.74) is 1.98. The maximum absolute atomic E-state index is 11.9. The molecular weight excluding hydrogens is 378 g/mol. The van der Waals surface area contributed by atoms with Crippen LogP contribution in [0.4, 0.5) is 0 Å². The zero-order valence-corrected chi connectivity index (χ0v) is 17.0. The van der Waals surface area contributed by atoms with Crippen LogP contribution in [0.25, 0.3) is 0 Å². The van der Waals surface area contributed by atoms with Crippen LogP contribution in [0.15, 0.2) is 42.5 Å². The van der Waals surface area contributed by atoms with Gasteiger partial charge in [-0.05, 0) is 61.7 Å². The Morgan fingerprint density at radius 3 is 2.54 bits per heavy atom. The van der Waals surface area contributed by atoms with Gasteiger partial charge in [0.1, 0.15) is 6.04 Å². The summed E-state index contributed by atoms with van der Waals surface area (Å²) in [6, 6.07) is 12.7. The van der Waals surface area contributed by atoms with E-state index in [-0.39, 0.29) is 6.04 Å². The summed E-state index contributed by atoms with van der Waals surface area (Å²) in [5, 5.41) is 10.5. The average molecular weight is 404 g/mol. The number of carboxylic acids is 1. The highest BCUT2D eigenvalue weighted by Crippen LogP contribution is 2.38. The van der Waals surface area contributed by atoms with Crippen molar-refractivity contribution in [1.82, 2.24) is 4.90 Å². The summed E-state index contributed by atoms with van der Waals surface area (Å²) in [6.07, 6.45) is 2.55. The fourth-order valence-electron chi connectivity index (χ4n) is 3.88. The lowest BCUT2D eigenvalue weighted by Crippen LogP contribution is -2.46. The number of hydrogen-bond acceptors (Lipinski definition) is 4. The largest absolute Gasteiger partial charge is 0.493 e. The molecule has 0 radical (unpaired) electrons. The quantitative estimate of drug-likeness (QED) is 0.721. The van der Waals surface area contributed by atoms with Crippen LogP contribution in [0.5, 0.6) is 11.5 Å². The molecule has 1 heterocycles. The van der Waals surface area contributed by atoms with E-state index < -0.39 is 12.0 Å². The minimum Gasteiger partial charge on any atom is -0.493 e. The molecule has 2 unspecified atom stereocenters. The van der Waals surface area contributed by atoms with Gasteiger partial charge in [0.15, 0.2) is 11.5 Å². The summed E-state index contributed by atoms with van der Waals surface area (Å²) in [4.78, 5) is 14.0. The van der Waals surface area contributed by atoms with Gasteiger partial charge in [-0.15, -0.1) is 0 Å². The third kappa shape index (κ3) is 4.42. The predicted octanol–water partition coefficient (Wildman–Crippen LogP) is 4.78. The van der Waals surface area contributed by atoms with Gasteiger partial charge in [-0.3, -0.25) is 9.69 Å². The van der Waals surface area contributed by atoms with E-state index in [2.05, 4.69) is 4.90 Å². The molecule has 2 aromatic carbocycles. The number of carboxylic acid groups (broad SMARTS) is 1. The highest BCUT2D eigenvalue weighted by Gasteiger charge is 2.35. The van der Waals surface area contributed by atoms with Crippen molar-refractivity contribution in [3.05, 3.63) is 58.6 Å². The molecule has 1 fully saturated rings. The van der Waals surface area contributed by atoms with Crippen molar-refractivity contribution >= 4 is 17.6 Å². The van der Waals surface area contributed by atoms with Gasteiger partial charge < -0.3 is 14.6 Å². The molecule has 0 aliphatic carbocycles. The first-order valence-electron chi connectivity index (χ1n) is 9.60. The lowest BCUT2D eigenvalue weighted by molar-refractivity contribution is -0.145. The first-order chi connectivity index (χ1) is 13.5. The predicted molar refractivity (Wildman–Crippen MR) is 109 cm³/mol. The van der Waals surface area contributed by atoms with Crippen molar-refractivity contribution in [1.29, 1.82) is 0 Å². The summed E-state index contributed by atoms with van der Waals surface area (Å²) in [7, 11) is 1.61. The van der Waals surface area contributed by atoms with Crippen molar-refractivity contribution in [3.63, 3.8) is 0 Å². The summed E-state index contributed by atoms with van der Waals surface area (Å²) >= 11 is 6.09. The second-order valence-electron chi connectivity index (χ2n) is 6.89. The lowest BCUT2D eigenvalue weighted by Gasteiger charge is -2.39. The average Bonchev–Trinajstić information content (AvgIpc) is 2.70. The minimum absolute atomic E-state index is 0.205. The van der Waals surface area contributed by atoms with Crippen molar-refractivity contribution in [2.24, 2.45) is 0 Å². The van der Waals surface area contributed by atoms with Crippen LogP contribution in [0.2, 0.25) is 5.02 Å². The highest BCUT2D eigenvalue weighted by atomic mass is 35.5. The fraction of sp³-hybridized carbons (Fsp3) is 0.409. The maximum Gasteiger partial charge on any atom is 0.320 e. The fourth-order valence-corrected chi connectivity index (χ4v) is 4.01. The molecule has 6 heteroatoms. The normalized spacial score (nSPS) is 18.5. The number of benzene rings is 2. The molecule has 3 rings (SSSR count). The SMILES string of the molecule is CCOc1cc(C(c2ccc(Cl)cc2)N2CCCCC2C(=O)O)ccc1OC. The smallest absolute Gasteiger partial charge is 0.320 e. The maximum atomic E-state index is 11.9. The Balaban J connectivity index is 2.09. The Morgan fingerprint density at radius 2 is 1.89 bits per heavy atom. The van der Waals surface area contributed by atoms with Gasteiger partial charge in [0, 0.05) is 5.02 Å². The zero-order valence-electron chi connectivity index (χ0n) is 16.2. The lowest BCUT2D eigenvalue weighted by atomic mass is 9.91. The molecule has 1 aliphatic heterocycles. The molecule has 0 bridgehead atoms. The van der Waals surface area contributed by atoms with Gasteiger partial charge in [-0.25, -0.2) is 0 Å². The van der Waals surface area contributed by atoms with E-state index in [0.717, 1.165) is 30.5 Å². The van der Waals surface area contributed by atoms with E-state index in [1.807, 2.05) is 49.4 Å². The van der Waals surface area contributed by atoms with E-state index in [9.17, 15) is 9.90 Å². The molecule has 2 atom stereocenters. The number of carbonyl (C=O) groups is 1. The Labute approximate surface area is 170 Å². The van der Waals surface area contributed by atoms with Crippen molar-refractivity contribution < 1.29 is 19.4 Å². The number of nitrogens with zero attached hydrogens (tertiary/aromatic N) is 1. The Hall–Kier alpha value is -2.24. The van der Waals surface area contributed by atoms with E-state index in [1.54, 1.807) is 7.11 Å². The number of rotatable bonds is 7. The van der Waals surface area contributed by atoms with Gasteiger partial charge in [0.05, 0.1) is 19.8 Å². The number of aliphatic carboxylic acids is 1. The molecule has 1 N–H and O–H groups in total. The Bertz CT molecular complexity index is 809. The number of methoxy groups -OCH3 is 1. The number of hydrogen-bond donors (Lipinski definition) is 1. The molecule has 0 saturated carbocycles. The minimum atomic E-state index is -0.780. The topological polar surface area (TPSA) is 59.0 Å². The molecule has 2 aromatic rings. The molecule has 5 nitrogen and oxygen atoms in total. The Kier molecular flexibility index (Phi) is 6.81. The first-order valence-corrected chi connectivity index (χ1v) is 9.97. The van der Waals surface area contributed by atoms with Crippen LogP contribution >= 0.6 is 11.6 Å². The van der Waals surface area contributed by atoms with Crippen LogP contribution in [0.3, 0.4) is 0 Å². The molecule has 1 aliphatic rings. The zero-order chi connectivity index (χ0) is 20.1. The van der Waals surface area contributed by atoms with Gasteiger partial charge >= 0.3 is 5.97 Å². The summed E-state index contributed by atoms with van der Waals surface area (Å²) in [6.45, 7) is 3.17. The van der Waals surface area contributed by atoms with Crippen LogP contribution in [0, 0.1) is 0 Å². The van der Waals surface area contributed by atoms with Gasteiger partial charge in [0.25, 0.3) is 0 Å². The van der Waals surface area contributed by atoms with E-state index in [0.29, 0.717) is 29.5 Å². The molecule has 0 aromatic heterocycles. The molecular formula is C22H26ClNO4. The van der Waals surface area contributed by atoms with Gasteiger partial charge in [0.2, 0.25) is 0 Å².